The van der Waals surface area contributed by atoms with E-state index < -0.39 is 0 Å². The monoisotopic (exact) mass is 247 g/mol. The Bertz CT molecular complexity index is 396. The van der Waals surface area contributed by atoms with Crippen molar-refractivity contribution in [2.75, 3.05) is 20.1 Å². The summed E-state index contributed by atoms with van der Waals surface area (Å²) in [5.41, 5.74) is 6.99. The molecule has 3 N–H and O–H groups in total. The molecule has 1 atom stereocenters. The molecule has 0 bridgehead atoms. The molecule has 1 heterocycles. The molecule has 1 aliphatic rings. The maximum absolute atomic E-state index is 11.0. The van der Waals surface area contributed by atoms with Crippen molar-refractivity contribution in [3.8, 4) is 0 Å². The summed E-state index contributed by atoms with van der Waals surface area (Å²) in [5.74, 6) is -0.370. The lowest BCUT2D eigenvalue weighted by atomic mass is 10.1. The van der Waals surface area contributed by atoms with Crippen LogP contribution in [0.25, 0.3) is 0 Å². The van der Waals surface area contributed by atoms with Gasteiger partial charge in [-0.05, 0) is 44.1 Å². The van der Waals surface area contributed by atoms with Gasteiger partial charge >= 0.3 is 0 Å². The van der Waals surface area contributed by atoms with Crippen LogP contribution in [0, 0.1) is 0 Å². The number of nitrogens with two attached hydrogens (primary N) is 1. The number of amides is 1. The molecule has 0 aromatic heterocycles. The first kappa shape index (κ1) is 13.1. The van der Waals surface area contributed by atoms with Crippen molar-refractivity contribution < 1.29 is 4.79 Å². The Morgan fingerprint density at radius 2 is 2.17 bits per heavy atom. The van der Waals surface area contributed by atoms with Crippen LogP contribution in [0.3, 0.4) is 0 Å². The first-order chi connectivity index (χ1) is 8.65. The van der Waals surface area contributed by atoms with Gasteiger partial charge in [0.05, 0.1) is 0 Å². The van der Waals surface area contributed by atoms with E-state index >= 15 is 0 Å². The normalized spacial score (nSPS) is 19.3. The predicted octanol–water partition coefficient (Wildman–Crippen LogP) is 0.969. The Hall–Kier alpha value is -1.39. The van der Waals surface area contributed by atoms with Crippen LogP contribution in [0.1, 0.15) is 28.8 Å². The van der Waals surface area contributed by atoms with Crippen LogP contribution in [0.15, 0.2) is 24.3 Å². The van der Waals surface area contributed by atoms with Crippen LogP contribution >= 0.6 is 0 Å². The van der Waals surface area contributed by atoms with Gasteiger partial charge in [-0.25, -0.2) is 0 Å². The Morgan fingerprint density at radius 3 is 2.72 bits per heavy atom. The second-order valence-electron chi connectivity index (χ2n) is 5.05. The van der Waals surface area contributed by atoms with Crippen LogP contribution in [0.5, 0.6) is 0 Å². The summed E-state index contributed by atoms with van der Waals surface area (Å²) in [6.07, 6.45) is 2.55. The van der Waals surface area contributed by atoms with Crippen molar-refractivity contribution in [3.05, 3.63) is 35.4 Å². The molecule has 0 saturated carbocycles. The van der Waals surface area contributed by atoms with Gasteiger partial charge in [-0.1, -0.05) is 12.1 Å². The third kappa shape index (κ3) is 3.55. The smallest absolute Gasteiger partial charge is 0.248 e. The van der Waals surface area contributed by atoms with Crippen molar-refractivity contribution in [2.24, 2.45) is 5.73 Å². The molecule has 2 rings (SSSR count). The highest BCUT2D eigenvalue weighted by atomic mass is 16.1. The Morgan fingerprint density at radius 1 is 1.44 bits per heavy atom. The predicted molar refractivity (Wildman–Crippen MR) is 72.3 cm³/mol. The molecule has 1 aliphatic heterocycles. The zero-order valence-corrected chi connectivity index (χ0v) is 10.9. The van der Waals surface area contributed by atoms with E-state index in [2.05, 4.69) is 17.3 Å². The van der Waals surface area contributed by atoms with E-state index in [4.69, 9.17) is 5.73 Å². The van der Waals surface area contributed by atoms with Gasteiger partial charge in [0.25, 0.3) is 0 Å². The van der Waals surface area contributed by atoms with E-state index in [1.165, 1.54) is 18.4 Å². The molecule has 0 spiro atoms. The number of primary amides is 1. The highest BCUT2D eigenvalue weighted by Gasteiger charge is 2.15. The van der Waals surface area contributed by atoms with Gasteiger partial charge in [-0.3, -0.25) is 4.79 Å². The van der Waals surface area contributed by atoms with E-state index in [1.807, 2.05) is 12.1 Å². The molecular weight excluding hydrogens is 226 g/mol. The third-order valence-electron chi connectivity index (χ3n) is 3.39. The lowest BCUT2D eigenvalue weighted by Gasteiger charge is -2.21. The first-order valence-electron chi connectivity index (χ1n) is 6.46. The number of hydrogen-bond donors (Lipinski definition) is 2. The minimum atomic E-state index is -0.370. The summed E-state index contributed by atoms with van der Waals surface area (Å²) in [5, 5.41) is 3.49. The third-order valence-corrected chi connectivity index (χ3v) is 3.39. The van der Waals surface area contributed by atoms with Crippen LogP contribution in [-0.2, 0) is 6.54 Å². The molecule has 0 aliphatic carbocycles. The van der Waals surface area contributed by atoms with Gasteiger partial charge in [-0.15, -0.1) is 0 Å². The summed E-state index contributed by atoms with van der Waals surface area (Å²) in [6.45, 7) is 3.11. The molecule has 1 unspecified atom stereocenters. The minimum Gasteiger partial charge on any atom is -0.366 e. The molecule has 1 aromatic carbocycles. The summed E-state index contributed by atoms with van der Waals surface area (Å²) in [4.78, 5) is 13.3. The number of nitrogens with zero attached hydrogens (tertiary/aromatic N) is 1. The van der Waals surface area contributed by atoms with E-state index in [9.17, 15) is 4.79 Å². The van der Waals surface area contributed by atoms with E-state index in [1.54, 1.807) is 12.1 Å². The average molecular weight is 247 g/mol. The Labute approximate surface area is 108 Å². The molecule has 4 heteroatoms. The molecule has 18 heavy (non-hydrogen) atoms. The number of benzene rings is 1. The van der Waals surface area contributed by atoms with Crippen LogP contribution < -0.4 is 11.1 Å². The number of carbonyl (C=O) groups excluding carboxylic acids is 1. The second-order valence-corrected chi connectivity index (χ2v) is 5.05. The lowest BCUT2D eigenvalue weighted by molar-refractivity contribution is 0.100. The molecular formula is C14H21N3O. The van der Waals surface area contributed by atoms with Gasteiger partial charge in [-0.2, -0.15) is 0 Å². The molecule has 4 nitrogen and oxygen atoms in total. The van der Waals surface area contributed by atoms with Gasteiger partial charge in [0.1, 0.15) is 0 Å². The quantitative estimate of drug-likeness (QED) is 0.815. The summed E-state index contributed by atoms with van der Waals surface area (Å²) in [6, 6.07) is 8.15. The number of nitrogens with one attached hydrogen (secondary N) is 1. The minimum absolute atomic E-state index is 0.370. The Kier molecular flexibility index (Phi) is 4.33. The lowest BCUT2D eigenvalue weighted by Crippen LogP contribution is -2.34. The summed E-state index contributed by atoms with van der Waals surface area (Å²) >= 11 is 0. The SMILES string of the molecule is CN(Cc1ccc(C(N)=O)cc1)CC1CCCN1. The Balaban J connectivity index is 1.86. The standard InChI is InChI=1S/C14H21N3O/c1-17(10-13-3-2-8-16-13)9-11-4-6-12(7-5-11)14(15)18/h4-7,13,16H,2-3,8-10H2,1H3,(H2,15,18). The van der Waals surface area contributed by atoms with E-state index in [0.29, 0.717) is 11.6 Å². The van der Waals surface area contributed by atoms with Crippen molar-refractivity contribution in [3.63, 3.8) is 0 Å². The molecule has 1 saturated heterocycles. The van der Waals surface area contributed by atoms with Gasteiger partial charge in [0, 0.05) is 24.7 Å². The van der Waals surface area contributed by atoms with Gasteiger partial charge in [0.2, 0.25) is 5.91 Å². The number of carbonyl (C=O) groups is 1. The molecule has 1 amide bonds. The van der Waals surface area contributed by atoms with E-state index in [0.717, 1.165) is 19.6 Å². The molecule has 98 valence electrons. The first-order valence-corrected chi connectivity index (χ1v) is 6.46. The number of likely N-dealkylation sites (N-methyl/N-ethyl adjacent to an activating group) is 1. The zero-order valence-electron chi connectivity index (χ0n) is 10.9. The van der Waals surface area contributed by atoms with Crippen molar-refractivity contribution in [2.45, 2.75) is 25.4 Å². The maximum Gasteiger partial charge on any atom is 0.248 e. The highest BCUT2D eigenvalue weighted by molar-refractivity contribution is 5.92. The summed E-state index contributed by atoms with van der Waals surface area (Å²) in [7, 11) is 2.13. The largest absolute Gasteiger partial charge is 0.366 e. The topological polar surface area (TPSA) is 58.4 Å². The average Bonchev–Trinajstić information content (AvgIpc) is 2.82. The van der Waals surface area contributed by atoms with Gasteiger partial charge in [0.15, 0.2) is 0 Å². The number of hydrogen-bond acceptors (Lipinski definition) is 3. The van der Waals surface area contributed by atoms with Crippen LogP contribution in [-0.4, -0.2) is 37.0 Å². The van der Waals surface area contributed by atoms with Crippen molar-refractivity contribution in [1.29, 1.82) is 0 Å². The summed E-state index contributed by atoms with van der Waals surface area (Å²) < 4.78 is 0. The van der Waals surface area contributed by atoms with Gasteiger partial charge < -0.3 is 16.0 Å². The van der Waals surface area contributed by atoms with Crippen LogP contribution in [0.4, 0.5) is 0 Å². The van der Waals surface area contributed by atoms with Crippen LogP contribution in [0.2, 0.25) is 0 Å². The van der Waals surface area contributed by atoms with Crippen molar-refractivity contribution >= 4 is 5.91 Å². The molecule has 1 aromatic rings. The fourth-order valence-electron chi connectivity index (χ4n) is 2.44. The van der Waals surface area contributed by atoms with Crippen molar-refractivity contribution in [1.82, 2.24) is 10.2 Å². The molecule has 1 fully saturated rings. The van der Waals surface area contributed by atoms with E-state index in [-0.39, 0.29) is 5.91 Å². The fourth-order valence-corrected chi connectivity index (χ4v) is 2.44. The molecule has 0 radical (unpaired) electrons. The number of rotatable bonds is 5. The fraction of sp³-hybridized carbons (Fsp3) is 0.500. The maximum atomic E-state index is 11.0. The highest BCUT2D eigenvalue weighted by Crippen LogP contribution is 2.10. The second kappa shape index (κ2) is 5.98. The zero-order chi connectivity index (χ0) is 13.0.